The summed E-state index contributed by atoms with van der Waals surface area (Å²) < 4.78 is 4.92. The number of ether oxygens (including phenoxy) is 1. The van der Waals surface area contributed by atoms with E-state index in [1.54, 1.807) is 12.0 Å². The number of aliphatic carboxylic acids is 1. The summed E-state index contributed by atoms with van der Waals surface area (Å²) in [4.78, 5) is 25.2. The summed E-state index contributed by atoms with van der Waals surface area (Å²) in [6.45, 7) is 4.11. The number of hydrogen-bond acceptors (Lipinski definition) is 3. The lowest BCUT2D eigenvalue weighted by Gasteiger charge is -2.23. The molecule has 2 unspecified atom stereocenters. The van der Waals surface area contributed by atoms with Crippen LogP contribution in [0.25, 0.3) is 0 Å². The molecule has 2 atom stereocenters. The van der Waals surface area contributed by atoms with Gasteiger partial charge in [0.05, 0.1) is 0 Å². The van der Waals surface area contributed by atoms with Crippen molar-refractivity contribution < 1.29 is 19.4 Å². The summed E-state index contributed by atoms with van der Waals surface area (Å²) in [5.74, 6) is -0.305. The van der Waals surface area contributed by atoms with Crippen molar-refractivity contribution >= 4 is 12.0 Å². The van der Waals surface area contributed by atoms with Crippen LogP contribution in [0.15, 0.2) is 0 Å². The normalized spacial score (nSPS) is 20.7. The average Bonchev–Trinajstić information content (AvgIpc) is 2.71. The Morgan fingerprint density at radius 1 is 1.38 bits per heavy atom. The Morgan fingerprint density at radius 2 is 2.14 bits per heavy atom. The van der Waals surface area contributed by atoms with Crippen molar-refractivity contribution in [3.8, 4) is 0 Å². The highest BCUT2D eigenvalue weighted by atomic mass is 16.5. The maximum Gasteiger partial charge on any atom is 0.326 e. The van der Waals surface area contributed by atoms with E-state index in [0.29, 0.717) is 31.9 Å². The molecule has 0 bridgehead atoms. The van der Waals surface area contributed by atoms with E-state index in [2.05, 4.69) is 12.2 Å². The number of hydrogen-bond donors (Lipinski definition) is 2. The van der Waals surface area contributed by atoms with E-state index in [-0.39, 0.29) is 6.03 Å². The molecule has 122 valence electrons. The Hall–Kier alpha value is -1.30. The quantitative estimate of drug-likeness (QED) is 0.706. The number of urea groups is 1. The Kier molecular flexibility index (Phi) is 8.12. The molecule has 0 aromatic rings. The molecule has 0 saturated carbocycles. The maximum absolute atomic E-state index is 12.2. The predicted molar refractivity (Wildman–Crippen MR) is 80.3 cm³/mol. The number of carbonyl (C=O) groups excluding carboxylic acids is 1. The number of nitrogens with one attached hydrogen (secondary N) is 1. The molecule has 1 aliphatic heterocycles. The largest absolute Gasteiger partial charge is 0.480 e. The minimum absolute atomic E-state index is 0.253. The Bertz CT molecular complexity index is 336. The highest BCUT2D eigenvalue weighted by Gasteiger charge is 2.24. The first kappa shape index (κ1) is 17.8. The van der Waals surface area contributed by atoms with E-state index in [4.69, 9.17) is 4.74 Å². The lowest BCUT2D eigenvalue weighted by atomic mass is 9.98. The number of carboxylic acid groups (broad SMARTS) is 1. The summed E-state index contributed by atoms with van der Waals surface area (Å²) in [6, 6.07) is -1.09. The lowest BCUT2D eigenvalue weighted by Crippen LogP contribution is -2.48. The SMILES string of the molecule is CCC1CCCN(C(=O)NC(CCCOC)C(=O)O)CC1. The second-order valence-corrected chi connectivity index (χ2v) is 5.67. The van der Waals surface area contributed by atoms with Gasteiger partial charge in [0.15, 0.2) is 0 Å². The van der Waals surface area contributed by atoms with Crippen LogP contribution in [0, 0.1) is 5.92 Å². The van der Waals surface area contributed by atoms with Crippen LogP contribution in [0.5, 0.6) is 0 Å². The van der Waals surface area contributed by atoms with Crippen LogP contribution in [0.3, 0.4) is 0 Å². The third kappa shape index (κ3) is 6.33. The van der Waals surface area contributed by atoms with Crippen molar-refractivity contribution in [3.63, 3.8) is 0 Å². The van der Waals surface area contributed by atoms with Crippen LogP contribution in [0.2, 0.25) is 0 Å². The van der Waals surface area contributed by atoms with Crippen molar-refractivity contribution in [1.82, 2.24) is 10.2 Å². The fraction of sp³-hybridized carbons (Fsp3) is 0.867. The maximum atomic E-state index is 12.2. The standard InChI is InChI=1S/C15H28N2O4/c1-3-12-6-4-9-17(10-8-12)15(20)16-13(14(18)19)7-5-11-21-2/h12-13H,3-11H2,1-2H3,(H,16,20)(H,18,19). The van der Waals surface area contributed by atoms with Crippen molar-refractivity contribution in [2.24, 2.45) is 5.92 Å². The van der Waals surface area contributed by atoms with Gasteiger partial charge in [-0.05, 0) is 38.0 Å². The van der Waals surface area contributed by atoms with Gasteiger partial charge in [0.2, 0.25) is 0 Å². The molecular formula is C15H28N2O4. The van der Waals surface area contributed by atoms with E-state index >= 15 is 0 Å². The van der Waals surface area contributed by atoms with Crippen LogP contribution in [-0.2, 0) is 9.53 Å². The zero-order chi connectivity index (χ0) is 15.7. The van der Waals surface area contributed by atoms with Gasteiger partial charge in [0, 0.05) is 26.8 Å². The molecule has 0 radical (unpaired) electrons. The van der Waals surface area contributed by atoms with Gasteiger partial charge in [-0.1, -0.05) is 13.3 Å². The molecule has 1 fully saturated rings. The highest BCUT2D eigenvalue weighted by Crippen LogP contribution is 2.20. The summed E-state index contributed by atoms with van der Waals surface area (Å²) in [5.41, 5.74) is 0. The first-order valence-corrected chi connectivity index (χ1v) is 7.85. The number of amides is 2. The first-order valence-electron chi connectivity index (χ1n) is 7.85. The Balaban J connectivity index is 2.46. The van der Waals surface area contributed by atoms with Crippen molar-refractivity contribution in [3.05, 3.63) is 0 Å². The molecule has 21 heavy (non-hydrogen) atoms. The second kappa shape index (κ2) is 9.60. The first-order chi connectivity index (χ1) is 10.1. The predicted octanol–water partition coefficient (Wildman–Crippen LogP) is 2.09. The molecule has 0 aromatic carbocycles. The zero-order valence-corrected chi connectivity index (χ0v) is 13.1. The number of carboxylic acids is 1. The van der Waals surface area contributed by atoms with Crippen LogP contribution < -0.4 is 5.32 Å². The van der Waals surface area contributed by atoms with Gasteiger partial charge in [0.1, 0.15) is 6.04 Å². The summed E-state index contributed by atoms with van der Waals surface area (Å²) in [6.07, 6.45) is 5.30. The molecule has 1 rings (SSSR count). The molecule has 0 aliphatic carbocycles. The number of methoxy groups -OCH3 is 1. The number of likely N-dealkylation sites (tertiary alicyclic amines) is 1. The molecule has 6 heteroatoms. The molecule has 6 nitrogen and oxygen atoms in total. The van der Waals surface area contributed by atoms with Crippen LogP contribution in [0.4, 0.5) is 4.79 Å². The molecule has 2 N–H and O–H groups in total. The van der Waals surface area contributed by atoms with Gasteiger partial charge in [-0.25, -0.2) is 9.59 Å². The summed E-state index contributed by atoms with van der Waals surface area (Å²) >= 11 is 0. The Morgan fingerprint density at radius 3 is 2.76 bits per heavy atom. The summed E-state index contributed by atoms with van der Waals surface area (Å²) in [7, 11) is 1.58. The molecule has 1 heterocycles. The molecule has 2 amide bonds. The van der Waals surface area contributed by atoms with Crippen molar-refractivity contribution in [2.45, 2.75) is 51.5 Å². The van der Waals surface area contributed by atoms with E-state index in [1.807, 2.05) is 0 Å². The lowest BCUT2D eigenvalue weighted by molar-refractivity contribution is -0.139. The van der Waals surface area contributed by atoms with Crippen molar-refractivity contribution in [2.75, 3.05) is 26.8 Å². The van der Waals surface area contributed by atoms with E-state index in [1.165, 1.54) is 0 Å². The molecule has 1 saturated heterocycles. The highest BCUT2D eigenvalue weighted by molar-refractivity contribution is 5.82. The number of carbonyl (C=O) groups is 2. The molecular weight excluding hydrogens is 272 g/mol. The fourth-order valence-corrected chi connectivity index (χ4v) is 2.71. The molecule has 0 aromatic heterocycles. The van der Waals surface area contributed by atoms with E-state index < -0.39 is 12.0 Å². The van der Waals surface area contributed by atoms with Gasteiger partial charge in [-0.15, -0.1) is 0 Å². The third-order valence-electron chi connectivity index (χ3n) is 4.15. The summed E-state index contributed by atoms with van der Waals surface area (Å²) in [5, 5.41) is 11.8. The van der Waals surface area contributed by atoms with Crippen LogP contribution in [0.1, 0.15) is 45.4 Å². The second-order valence-electron chi connectivity index (χ2n) is 5.67. The fourth-order valence-electron chi connectivity index (χ4n) is 2.71. The van der Waals surface area contributed by atoms with Gasteiger partial charge < -0.3 is 20.1 Å². The van der Waals surface area contributed by atoms with Crippen LogP contribution in [-0.4, -0.2) is 54.9 Å². The zero-order valence-electron chi connectivity index (χ0n) is 13.1. The Labute approximate surface area is 126 Å². The third-order valence-corrected chi connectivity index (χ3v) is 4.15. The minimum atomic E-state index is -0.985. The van der Waals surface area contributed by atoms with Gasteiger partial charge >= 0.3 is 12.0 Å². The number of nitrogens with zero attached hydrogens (tertiary/aromatic N) is 1. The smallest absolute Gasteiger partial charge is 0.326 e. The van der Waals surface area contributed by atoms with Gasteiger partial charge in [0.25, 0.3) is 0 Å². The van der Waals surface area contributed by atoms with Crippen molar-refractivity contribution in [1.29, 1.82) is 0 Å². The monoisotopic (exact) mass is 300 g/mol. The molecule has 1 aliphatic rings. The van der Waals surface area contributed by atoms with E-state index in [9.17, 15) is 14.7 Å². The molecule has 0 spiro atoms. The topological polar surface area (TPSA) is 78.9 Å². The van der Waals surface area contributed by atoms with Crippen LogP contribution >= 0.6 is 0 Å². The van der Waals surface area contributed by atoms with Gasteiger partial charge in [-0.2, -0.15) is 0 Å². The number of rotatable bonds is 7. The van der Waals surface area contributed by atoms with E-state index in [0.717, 1.165) is 32.2 Å². The van der Waals surface area contributed by atoms with Gasteiger partial charge in [-0.3, -0.25) is 0 Å². The average molecular weight is 300 g/mol. The minimum Gasteiger partial charge on any atom is -0.480 e.